The van der Waals surface area contributed by atoms with Gasteiger partial charge in [0.1, 0.15) is 5.82 Å². The van der Waals surface area contributed by atoms with Crippen molar-refractivity contribution in [3.8, 4) is 0 Å². The molecule has 0 bridgehead atoms. The van der Waals surface area contributed by atoms with Gasteiger partial charge in [-0.15, -0.1) is 0 Å². The maximum atomic E-state index is 14.2. The first-order valence-electron chi connectivity index (χ1n) is 6.78. The Kier molecular flexibility index (Phi) is 4.19. The zero-order valence-corrected chi connectivity index (χ0v) is 12.5. The zero-order chi connectivity index (χ0) is 14.2. The summed E-state index contributed by atoms with van der Waals surface area (Å²) in [5, 5.41) is 0.469. The molecule has 0 radical (unpaired) electrons. The number of hydrogen-bond donors (Lipinski definition) is 1. The Balaban J connectivity index is 2.48. The first-order chi connectivity index (χ1) is 8.82. The number of nitrogens with two attached hydrogens (primary N) is 1. The number of piperidine rings is 1. The molecule has 2 rings (SSSR count). The highest BCUT2D eigenvalue weighted by atomic mass is 35.5. The molecule has 1 fully saturated rings. The van der Waals surface area contributed by atoms with Crippen LogP contribution in [-0.4, -0.2) is 23.0 Å². The van der Waals surface area contributed by atoms with Crippen LogP contribution in [0.1, 0.15) is 45.2 Å². The third-order valence-electron chi connectivity index (χ3n) is 3.83. The van der Waals surface area contributed by atoms with Gasteiger partial charge < -0.3 is 5.73 Å². The van der Waals surface area contributed by atoms with Crippen molar-refractivity contribution in [2.75, 3.05) is 6.54 Å². The predicted molar refractivity (Wildman–Crippen MR) is 77.8 cm³/mol. The van der Waals surface area contributed by atoms with E-state index >= 15 is 0 Å². The smallest absolute Gasteiger partial charge is 0.129 e. The molecule has 1 heterocycles. The van der Waals surface area contributed by atoms with Gasteiger partial charge >= 0.3 is 0 Å². The summed E-state index contributed by atoms with van der Waals surface area (Å²) in [5.41, 5.74) is 6.76. The Morgan fingerprint density at radius 1 is 1.37 bits per heavy atom. The molecule has 2 N–H and O–H groups in total. The van der Waals surface area contributed by atoms with Crippen LogP contribution in [0, 0.1) is 5.82 Å². The molecule has 1 aliphatic rings. The maximum Gasteiger partial charge on any atom is 0.129 e. The molecule has 1 aromatic rings. The SMILES string of the molecule is CC(C)(C)N1CCCC(N)C1c1c(F)cccc1Cl. The lowest BCUT2D eigenvalue weighted by Crippen LogP contribution is -2.53. The molecule has 0 amide bonds. The second-order valence-electron chi connectivity index (χ2n) is 6.25. The van der Waals surface area contributed by atoms with Crippen LogP contribution in [0.25, 0.3) is 0 Å². The molecule has 0 aromatic heterocycles. The highest BCUT2D eigenvalue weighted by Gasteiger charge is 2.38. The van der Waals surface area contributed by atoms with E-state index in [1.807, 2.05) is 0 Å². The van der Waals surface area contributed by atoms with Crippen LogP contribution in [-0.2, 0) is 0 Å². The second kappa shape index (κ2) is 5.39. The lowest BCUT2D eigenvalue weighted by molar-refractivity contribution is 0.0367. The van der Waals surface area contributed by atoms with E-state index in [1.54, 1.807) is 12.1 Å². The van der Waals surface area contributed by atoms with Crippen molar-refractivity contribution in [2.45, 2.75) is 51.2 Å². The van der Waals surface area contributed by atoms with Gasteiger partial charge in [0.2, 0.25) is 0 Å². The van der Waals surface area contributed by atoms with E-state index in [9.17, 15) is 4.39 Å². The highest BCUT2D eigenvalue weighted by molar-refractivity contribution is 6.31. The topological polar surface area (TPSA) is 29.3 Å². The Bertz CT molecular complexity index is 436. The standard InChI is InChI=1S/C15H22ClFN2/c1-15(2,3)19-9-5-8-12(18)14(19)13-10(16)6-4-7-11(13)17/h4,6-7,12,14H,5,8-9,18H2,1-3H3. The fourth-order valence-electron chi connectivity index (χ4n) is 2.94. The summed E-state index contributed by atoms with van der Waals surface area (Å²) in [5.74, 6) is -0.260. The fourth-order valence-corrected chi connectivity index (χ4v) is 3.22. The molecule has 0 aliphatic carbocycles. The first-order valence-corrected chi connectivity index (χ1v) is 7.16. The Morgan fingerprint density at radius 2 is 2.05 bits per heavy atom. The number of halogens is 2. The Labute approximate surface area is 119 Å². The van der Waals surface area contributed by atoms with Crippen LogP contribution in [0.5, 0.6) is 0 Å². The number of likely N-dealkylation sites (tertiary alicyclic amines) is 1. The molecule has 1 saturated heterocycles. The van der Waals surface area contributed by atoms with Crippen LogP contribution in [0.3, 0.4) is 0 Å². The maximum absolute atomic E-state index is 14.2. The van der Waals surface area contributed by atoms with E-state index in [1.165, 1.54) is 6.07 Å². The fraction of sp³-hybridized carbons (Fsp3) is 0.600. The van der Waals surface area contributed by atoms with Gasteiger partial charge in [-0.2, -0.15) is 0 Å². The Hall–Kier alpha value is -0.640. The highest BCUT2D eigenvalue weighted by Crippen LogP contribution is 2.39. The molecule has 1 aliphatic heterocycles. The van der Waals surface area contributed by atoms with Crippen molar-refractivity contribution in [2.24, 2.45) is 5.73 Å². The molecule has 0 spiro atoms. The van der Waals surface area contributed by atoms with Gasteiger partial charge in [0.05, 0.1) is 6.04 Å². The predicted octanol–water partition coefficient (Wildman–Crippen LogP) is 3.74. The van der Waals surface area contributed by atoms with Crippen LogP contribution in [0.2, 0.25) is 5.02 Å². The number of nitrogens with zero attached hydrogens (tertiary/aromatic N) is 1. The van der Waals surface area contributed by atoms with E-state index in [-0.39, 0.29) is 23.4 Å². The van der Waals surface area contributed by atoms with E-state index in [0.717, 1.165) is 19.4 Å². The Morgan fingerprint density at radius 3 is 2.63 bits per heavy atom. The molecule has 2 atom stereocenters. The van der Waals surface area contributed by atoms with Crippen molar-refractivity contribution in [3.05, 3.63) is 34.6 Å². The minimum Gasteiger partial charge on any atom is -0.326 e. The molecule has 1 aromatic carbocycles. The summed E-state index contributed by atoms with van der Waals surface area (Å²) < 4.78 is 14.2. The molecule has 19 heavy (non-hydrogen) atoms. The lowest BCUT2D eigenvalue weighted by atomic mass is 9.86. The van der Waals surface area contributed by atoms with E-state index in [2.05, 4.69) is 25.7 Å². The molecule has 2 nitrogen and oxygen atoms in total. The number of hydrogen-bond acceptors (Lipinski definition) is 2. The van der Waals surface area contributed by atoms with Crippen LogP contribution < -0.4 is 5.73 Å². The zero-order valence-electron chi connectivity index (χ0n) is 11.8. The molecule has 106 valence electrons. The molecule has 0 saturated carbocycles. The number of rotatable bonds is 1. The largest absolute Gasteiger partial charge is 0.326 e. The molecular formula is C15H22ClFN2. The van der Waals surface area contributed by atoms with Gasteiger partial charge in [0, 0.05) is 22.2 Å². The van der Waals surface area contributed by atoms with Crippen molar-refractivity contribution < 1.29 is 4.39 Å². The van der Waals surface area contributed by atoms with Crippen LogP contribution in [0.4, 0.5) is 4.39 Å². The summed E-state index contributed by atoms with van der Waals surface area (Å²) in [6.45, 7) is 7.32. The molecule has 4 heteroatoms. The van der Waals surface area contributed by atoms with Gasteiger partial charge in [-0.05, 0) is 52.3 Å². The average molecular weight is 285 g/mol. The van der Waals surface area contributed by atoms with Crippen LogP contribution >= 0.6 is 11.6 Å². The average Bonchev–Trinajstić information content (AvgIpc) is 2.29. The normalized spacial score (nSPS) is 25.6. The minimum absolute atomic E-state index is 0.0612. The van der Waals surface area contributed by atoms with Crippen LogP contribution in [0.15, 0.2) is 18.2 Å². The second-order valence-corrected chi connectivity index (χ2v) is 6.66. The van der Waals surface area contributed by atoms with Gasteiger partial charge in [-0.25, -0.2) is 4.39 Å². The summed E-state index contributed by atoms with van der Waals surface area (Å²) in [7, 11) is 0. The van der Waals surface area contributed by atoms with Gasteiger partial charge in [0.25, 0.3) is 0 Å². The van der Waals surface area contributed by atoms with E-state index < -0.39 is 0 Å². The van der Waals surface area contributed by atoms with Crippen molar-refractivity contribution in [3.63, 3.8) is 0 Å². The third kappa shape index (κ3) is 2.93. The van der Waals surface area contributed by atoms with Gasteiger partial charge in [0.15, 0.2) is 0 Å². The van der Waals surface area contributed by atoms with E-state index in [0.29, 0.717) is 10.6 Å². The molecule has 2 unspecified atom stereocenters. The first kappa shape index (κ1) is 14.8. The van der Waals surface area contributed by atoms with Gasteiger partial charge in [-0.1, -0.05) is 17.7 Å². The number of benzene rings is 1. The minimum atomic E-state index is -0.260. The summed E-state index contributed by atoms with van der Waals surface area (Å²) in [6, 6.07) is 4.60. The quantitative estimate of drug-likeness (QED) is 0.851. The summed E-state index contributed by atoms with van der Waals surface area (Å²) >= 11 is 6.22. The van der Waals surface area contributed by atoms with E-state index in [4.69, 9.17) is 17.3 Å². The third-order valence-corrected chi connectivity index (χ3v) is 4.16. The van der Waals surface area contributed by atoms with Crippen molar-refractivity contribution >= 4 is 11.6 Å². The monoisotopic (exact) mass is 284 g/mol. The van der Waals surface area contributed by atoms with Crippen molar-refractivity contribution in [1.82, 2.24) is 4.90 Å². The lowest BCUT2D eigenvalue weighted by Gasteiger charge is -2.47. The molecular weight excluding hydrogens is 263 g/mol. The summed E-state index contributed by atoms with van der Waals surface area (Å²) in [4.78, 5) is 2.27. The van der Waals surface area contributed by atoms with Crippen molar-refractivity contribution in [1.29, 1.82) is 0 Å². The summed E-state index contributed by atoms with van der Waals surface area (Å²) in [6.07, 6.45) is 1.95. The van der Waals surface area contributed by atoms with Gasteiger partial charge in [-0.3, -0.25) is 4.90 Å².